The zero-order chi connectivity index (χ0) is 22.6. The molecular weight excluding hydrogens is 418 g/mol. The Labute approximate surface area is 174 Å². The van der Waals surface area contributed by atoms with Crippen molar-refractivity contribution in [2.45, 2.75) is 32.8 Å². The van der Waals surface area contributed by atoms with E-state index in [1.54, 1.807) is 13.8 Å². The maximum atomic E-state index is 13.1. The van der Waals surface area contributed by atoms with E-state index in [9.17, 15) is 22.4 Å². The first kappa shape index (κ1) is 22.1. The Bertz CT molecular complexity index is 1090. The second-order valence-electron chi connectivity index (χ2n) is 6.72. The molecule has 0 aliphatic carbocycles. The number of benzene rings is 1. The quantitative estimate of drug-likeness (QED) is 0.328. The van der Waals surface area contributed by atoms with Gasteiger partial charge in [0.2, 0.25) is 0 Å². The van der Waals surface area contributed by atoms with Crippen LogP contribution in [0.5, 0.6) is 0 Å². The number of nitrogens with zero attached hydrogens (tertiary/aromatic N) is 5. The molecule has 0 fully saturated rings. The molecule has 1 aromatic carbocycles. The van der Waals surface area contributed by atoms with E-state index in [1.807, 2.05) is 0 Å². The van der Waals surface area contributed by atoms with Crippen molar-refractivity contribution in [2.75, 3.05) is 0 Å². The van der Waals surface area contributed by atoms with Gasteiger partial charge in [-0.2, -0.15) is 13.2 Å². The highest BCUT2D eigenvalue weighted by Crippen LogP contribution is 2.33. The zero-order valence-electron chi connectivity index (χ0n) is 16.5. The largest absolute Gasteiger partial charge is 0.459 e. The topological polar surface area (TPSA) is 82.8 Å². The molecule has 2 aromatic heterocycles. The molecule has 0 atom stereocenters. The summed E-state index contributed by atoms with van der Waals surface area (Å²) < 4.78 is 58.8. The van der Waals surface area contributed by atoms with Crippen molar-refractivity contribution >= 4 is 17.7 Å². The van der Waals surface area contributed by atoms with Crippen molar-refractivity contribution in [3.63, 3.8) is 0 Å². The van der Waals surface area contributed by atoms with Gasteiger partial charge in [-0.05, 0) is 37.6 Å². The molecule has 3 rings (SSSR count). The van der Waals surface area contributed by atoms with Crippen LogP contribution in [0, 0.1) is 0 Å². The molecule has 31 heavy (non-hydrogen) atoms. The summed E-state index contributed by atoms with van der Waals surface area (Å²) in [5.74, 6) is -0.737. The van der Waals surface area contributed by atoms with Gasteiger partial charge in [-0.15, -0.1) is 5.10 Å². The molecule has 0 aliphatic rings. The molecule has 0 saturated carbocycles. The lowest BCUT2D eigenvalue weighted by molar-refractivity contribution is -0.140. The summed E-state index contributed by atoms with van der Waals surface area (Å²) >= 11 is 0. The molecule has 2 heterocycles. The summed E-state index contributed by atoms with van der Waals surface area (Å²) in [7, 11) is 0. The Hall–Kier alpha value is -3.63. The minimum Gasteiger partial charge on any atom is -0.459 e. The number of carbonyl (C=O) groups is 1. The van der Waals surface area contributed by atoms with Gasteiger partial charge in [-0.25, -0.2) is 28.8 Å². The fourth-order valence-electron chi connectivity index (χ4n) is 2.62. The number of hydrogen-bond donors (Lipinski definition) is 0. The maximum Gasteiger partial charge on any atom is 0.416 e. The third-order valence-corrected chi connectivity index (χ3v) is 3.94. The van der Waals surface area contributed by atoms with Crippen molar-refractivity contribution in [1.82, 2.24) is 24.7 Å². The molecule has 3 aromatic rings. The van der Waals surface area contributed by atoms with Gasteiger partial charge in [0.05, 0.1) is 17.2 Å². The van der Waals surface area contributed by atoms with Crippen molar-refractivity contribution in [3.8, 4) is 11.4 Å². The number of rotatable bonds is 6. The molecule has 0 aliphatic heterocycles. The predicted molar refractivity (Wildman–Crippen MR) is 103 cm³/mol. The lowest BCUT2D eigenvalue weighted by Crippen LogP contribution is -2.14. The Kier molecular flexibility index (Phi) is 6.42. The highest BCUT2D eigenvalue weighted by Gasteiger charge is 2.31. The summed E-state index contributed by atoms with van der Waals surface area (Å²) in [6.45, 7) is 2.29. The maximum absolute atomic E-state index is 13.1. The van der Waals surface area contributed by atoms with Crippen molar-refractivity contribution < 1.29 is 27.1 Å². The molecule has 0 radical (unpaired) electrons. The number of halogens is 4. The standard InChI is InChI=1S/C20H17F4N5O2/c1-12(2)31-19(30)17(15-7-25-10-26-8-15)9-29-11-27-18(28-29)14-3-13(6-21)4-16(5-14)20(22,23)24/h3-5,7-12H,6H2,1-2H3/b17-9+. The van der Waals surface area contributed by atoms with E-state index in [4.69, 9.17) is 4.74 Å². The van der Waals surface area contributed by atoms with Crippen LogP contribution >= 0.6 is 0 Å². The lowest BCUT2D eigenvalue weighted by Gasteiger charge is -2.10. The van der Waals surface area contributed by atoms with Crippen LogP contribution in [0.15, 0.2) is 43.2 Å². The van der Waals surface area contributed by atoms with E-state index < -0.39 is 30.5 Å². The van der Waals surface area contributed by atoms with Gasteiger partial charge in [0.1, 0.15) is 19.3 Å². The first-order chi connectivity index (χ1) is 14.7. The number of hydrogen-bond acceptors (Lipinski definition) is 6. The van der Waals surface area contributed by atoms with Gasteiger partial charge in [-0.3, -0.25) is 0 Å². The van der Waals surface area contributed by atoms with Gasteiger partial charge in [0, 0.05) is 29.7 Å². The van der Waals surface area contributed by atoms with Crippen LogP contribution in [0.25, 0.3) is 23.2 Å². The lowest BCUT2D eigenvalue weighted by atomic mass is 10.1. The fourth-order valence-corrected chi connectivity index (χ4v) is 2.62. The summed E-state index contributed by atoms with van der Waals surface area (Å²) in [5, 5.41) is 4.10. The van der Waals surface area contributed by atoms with Gasteiger partial charge < -0.3 is 4.74 Å². The number of alkyl halides is 4. The van der Waals surface area contributed by atoms with E-state index in [0.717, 1.165) is 16.8 Å². The summed E-state index contributed by atoms with van der Waals surface area (Å²) in [6, 6.07) is 2.80. The third-order valence-electron chi connectivity index (χ3n) is 3.94. The Morgan fingerprint density at radius 3 is 2.52 bits per heavy atom. The van der Waals surface area contributed by atoms with E-state index in [2.05, 4.69) is 20.1 Å². The average molecular weight is 435 g/mol. The van der Waals surface area contributed by atoms with Crippen molar-refractivity contribution in [1.29, 1.82) is 0 Å². The van der Waals surface area contributed by atoms with Crippen molar-refractivity contribution in [2.24, 2.45) is 0 Å². The van der Waals surface area contributed by atoms with Gasteiger partial charge in [0.25, 0.3) is 0 Å². The van der Waals surface area contributed by atoms with Crippen LogP contribution in [0.3, 0.4) is 0 Å². The average Bonchev–Trinajstić information content (AvgIpc) is 3.20. The van der Waals surface area contributed by atoms with E-state index >= 15 is 0 Å². The SMILES string of the molecule is CC(C)OC(=O)/C(=C/n1cnc(-c2cc(CF)cc(C(F)(F)F)c2)n1)c1cncnc1. The molecule has 7 nitrogen and oxygen atoms in total. The van der Waals surface area contributed by atoms with Gasteiger partial charge in [-0.1, -0.05) is 0 Å². The van der Waals surface area contributed by atoms with Crippen LogP contribution < -0.4 is 0 Å². The fraction of sp³-hybridized carbons (Fsp3) is 0.250. The van der Waals surface area contributed by atoms with E-state index in [0.29, 0.717) is 5.56 Å². The van der Waals surface area contributed by atoms with E-state index in [-0.39, 0.29) is 22.5 Å². The third kappa shape index (κ3) is 5.50. The highest BCUT2D eigenvalue weighted by atomic mass is 19.4. The number of esters is 1. The second-order valence-corrected chi connectivity index (χ2v) is 6.72. The number of ether oxygens (including phenoxy) is 1. The first-order valence-electron chi connectivity index (χ1n) is 9.04. The minimum atomic E-state index is -4.65. The molecular formula is C20H17F4N5O2. The van der Waals surface area contributed by atoms with Crippen LogP contribution in [0.4, 0.5) is 17.6 Å². The van der Waals surface area contributed by atoms with Crippen molar-refractivity contribution in [3.05, 3.63) is 59.9 Å². The number of aromatic nitrogens is 5. The highest BCUT2D eigenvalue weighted by molar-refractivity contribution is 6.20. The molecule has 0 N–H and O–H groups in total. The molecule has 162 valence electrons. The smallest absolute Gasteiger partial charge is 0.416 e. The van der Waals surface area contributed by atoms with E-state index in [1.165, 1.54) is 37.3 Å². The normalized spacial score (nSPS) is 12.3. The van der Waals surface area contributed by atoms with Gasteiger partial charge >= 0.3 is 12.1 Å². The Balaban J connectivity index is 2.02. The molecule has 0 bridgehead atoms. The molecule has 0 saturated heterocycles. The Morgan fingerprint density at radius 2 is 1.90 bits per heavy atom. The predicted octanol–water partition coefficient (Wildman–Crippen LogP) is 4.17. The second kappa shape index (κ2) is 9.02. The van der Waals surface area contributed by atoms with Crippen LogP contribution in [-0.2, 0) is 22.4 Å². The molecule has 0 amide bonds. The zero-order valence-corrected chi connectivity index (χ0v) is 16.5. The van der Waals surface area contributed by atoms with Crippen LogP contribution in [-0.4, -0.2) is 36.8 Å². The van der Waals surface area contributed by atoms with Crippen LogP contribution in [0.1, 0.15) is 30.5 Å². The molecule has 11 heteroatoms. The number of carbonyl (C=O) groups excluding carboxylic acids is 1. The summed E-state index contributed by atoms with van der Waals surface area (Å²) in [6.07, 6.45) is 1.55. The monoisotopic (exact) mass is 435 g/mol. The molecule has 0 unspecified atom stereocenters. The molecule has 0 spiro atoms. The Morgan fingerprint density at radius 1 is 1.19 bits per heavy atom. The summed E-state index contributed by atoms with van der Waals surface area (Å²) in [4.78, 5) is 24.2. The minimum absolute atomic E-state index is 0.0102. The summed E-state index contributed by atoms with van der Waals surface area (Å²) in [5.41, 5.74) is -0.751. The van der Waals surface area contributed by atoms with Crippen LogP contribution in [0.2, 0.25) is 0 Å². The van der Waals surface area contributed by atoms with Gasteiger partial charge in [0.15, 0.2) is 5.82 Å². The first-order valence-corrected chi connectivity index (χ1v) is 9.04.